The van der Waals surface area contributed by atoms with Gasteiger partial charge in [-0.05, 0) is 24.3 Å². The van der Waals surface area contributed by atoms with E-state index in [4.69, 9.17) is 23.2 Å². The lowest BCUT2D eigenvalue weighted by molar-refractivity contribution is -0.615. The highest BCUT2D eigenvalue weighted by Gasteiger charge is 2.28. The monoisotopic (exact) mass is 633 g/mol. The Balaban J connectivity index is 1.44. The molecule has 0 saturated heterocycles. The molecule has 0 amide bonds. The maximum Gasteiger partial charge on any atom is 0.333 e. The van der Waals surface area contributed by atoms with Gasteiger partial charge in [0.15, 0.2) is 17.2 Å². The van der Waals surface area contributed by atoms with Crippen LogP contribution in [0.25, 0.3) is 28.1 Å². The number of halogens is 6. The molecule has 0 bridgehead atoms. The third-order valence-electron chi connectivity index (χ3n) is 6.61. The summed E-state index contributed by atoms with van der Waals surface area (Å²) in [6, 6.07) is 6.21. The summed E-state index contributed by atoms with van der Waals surface area (Å²) in [5.74, 6) is -1.64. The summed E-state index contributed by atoms with van der Waals surface area (Å²) in [6.45, 7) is -2.87. The van der Waals surface area contributed by atoms with Crippen LogP contribution in [0, 0.1) is 17.0 Å². The van der Waals surface area contributed by atoms with Crippen LogP contribution in [0.15, 0.2) is 61.3 Å². The summed E-state index contributed by atoms with van der Waals surface area (Å²) in [5, 5.41) is 36.3. The van der Waals surface area contributed by atoms with Crippen molar-refractivity contribution in [2.45, 2.75) is 19.0 Å². The standard InChI is InChI=1S/C25H17Cl2F4N11O/c1-38-23(24(29)34-36-38)14-9-32-40(10-14)19(8-15-6-7-39(35-15)25(30)31)17-4-2-13(11-42(17)43)21-18(5-3-16(26)22(21)28)41-12-20(27)33-37-41/h2-7,9-12,19,25H,8H2,1H3/t19-/m0/s1. The van der Waals surface area contributed by atoms with Gasteiger partial charge >= 0.3 is 6.55 Å². The molecule has 12 nitrogen and oxygen atoms in total. The van der Waals surface area contributed by atoms with Gasteiger partial charge in [0.1, 0.15) is 11.7 Å². The zero-order chi connectivity index (χ0) is 30.4. The molecule has 5 heterocycles. The number of rotatable bonds is 8. The first kappa shape index (κ1) is 28.3. The van der Waals surface area contributed by atoms with E-state index in [1.807, 2.05) is 0 Å². The van der Waals surface area contributed by atoms with Gasteiger partial charge in [0.25, 0.3) is 5.95 Å². The molecule has 0 saturated carbocycles. The Morgan fingerprint density at radius 2 is 1.79 bits per heavy atom. The van der Waals surface area contributed by atoms with Crippen molar-refractivity contribution in [3.8, 4) is 28.1 Å². The first-order valence-electron chi connectivity index (χ1n) is 12.3. The summed E-state index contributed by atoms with van der Waals surface area (Å²) >= 11 is 12.0. The van der Waals surface area contributed by atoms with E-state index in [2.05, 4.69) is 30.8 Å². The average Bonchev–Trinajstić information content (AvgIpc) is 3.77. The lowest BCUT2D eigenvalue weighted by atomic mass is 10.0. The first-order chi connectivity index (χ1) is 20.6. The smallest absolute Gasteiger partial charge is 0.333 e. The maximum atomic E-state index is 15.4. The van der Waals surface area contributed by atoms with E-state index >= 15 is 4.39 Å². The Morgan fingerprint density at radius 3 is 2.44 bits per heavy atom. The lowest BCUT2D eigenvalue weighted by Gasteiger charge is -2.18. The normalized spacial score (nSPS) is 12.4. The van der Waals surface area contributed by atoms with Crippen LogP contribution in [-0.4, -0.2) is 49.5 Å². The van der Waals surface area contributed by atoms with Crippen molar-refractivity contribution in [1.82, 2.24) is 49.5 Å². The van der Waals surface area contributed by atoms with Gasteiger partial charge in [0.05, 0.1) is 39.9 Å². The van der Waals surface area contributed by atoms with Crippen molar-refractivity contribution >= 4 is 23.2 Å². The van der Waals surface area contributed by atoms with E-state index in [0.29, 0.717) is 15.0 Å². The maximum absolute atomic E-state index is 15.4. The molecule has 0 spiro atoms. The highest BCUT2D eigenvalue weighted by Crippen LogP contribution is 2.34. The molecule has 6 aromatic rings. The van der Waals surface area contributed by atoms with Crippen LogP contribution in [0.2, 0.25) is 10.2 Å². The van der Waals surface area contributed by atoms with Gasteiger partial charge in [0, 0.05) is 37.5 Å². The zero-order valence-corrected chi connectivity index (χ0v) is 23.2. The minimum Gasteiger partial charge on any atom is -0.618 e. The van der Waals surface area contributed by atoms with Crippen LogP contribution in [0.3, 0.4) is 0 Å². The molecule has 18 heteroatoms. The van der Waals surface area contributed by atoms with Crippen LogP contribution < -0.4 is 4.73 Å². The number of pyridine rings is 1. The van der Waals surface area contributed by atoms with Crippen LogP contribution >= 0.6 is 23.2 Å². The van der Waals surface area contributed by atoms with Crippen LogP contribution in [-0.2, 0) is 13.5 Å². The fourth-order valence-electron chi connectivity index (χ4n) is 4.66. The molecule has 220 valence electrons. The van der Waals surface area contributed by atoms with E-state index in [9.17, 15) is 18.4 Å². The van der Waals surface area contributed by atoms with E-state index in [1.54, 1.807) is 0 Å². The van der Waals surface area contributed by atoms with Crippen molar-refractivity contribution in [3.05, 3.63) is 99.9 Å². The highest BCUT2D eigenvalue weighted by atomic mass is 35.5. The molecule has 0 N–H and O–H groups in total. The van der Waals surface area contributed by atoms with Crippen molar-refractivity contribution in [1.29, 1.82) is 0 Å². The van der Waals surface area contributed by atoms with E-state index in [1.165, 1.54) is 70.0 Å². The van der Waals surface area contributed by atoms with Crippen LogP contribution in [0.4, 0.5) is 17.6 Å². The molecule has 6 rings (SSSR count). The van der Waals surface area contributed by atoms with Crippen LogP contribution in [0.5, 0.6) is 0 Å². The fourth-order valence-corrected chi connectivity index (χ4v) is 4.94. The Kier molecular flexibility index (Phi) is 7.31. The predicted molar refractivity (Wildman–Crippen MR) is 143 cm³/mol. The molecule has 5 aromatic heterocycles. The third-order valence-corrected chi connectivity index (χ3v) is 7.07. The van der Waals surface area contributed by atoms with Crippen molar-refractivity contribution < 1.29 is 22.3 Å². The zero-order valence-electron chi connectivity index (χ0n) is 21.7. The number of aryl methyl sites for hydroxylation is 1. The van der Waals surface area contributed by atoms with E-state index in [0.717, 1.165) is 12.4 Å². The summed E-state index contributed by atoms with van der Waals surface area (Å²) in [5.41, 5.74) is 0.996. The van der Waals surface area contributed by atoms with Gasteiger partial charge in [-0.1, -0.05) is 38.7 Å². The van der Waals surface area contributed by atoms with Gasteiger partial charge in [-0.15, -0.1) is 5.10 Å². The second kappa shape index (κ2) is 11.1. The second-order valence-electron chi connectivity index (χ2n) is 9.26. The molecule has 43 heavy (non-hydrogen) atoms. The highest BCUT2D eigenvalue weighted by molar-refractivity contribution is 6.31. The molecule has 1 aromatic carbocycles. The van der Waals surface area contributed by atoms with Crippen LogP contribution in [0.1, 0.15) is 24.0 Å². The van der Waals surface area contributed by atoms with Crippen molar-refractivity contribution in [2.24, 2.45) is 7.05 Å². The SMILES string of the molecule is Cn1nnc(F)c1-c1cnn([C@@H](Cc2ccn(C(F)F)n2)c2ccc(-c3c(-n4cc(Cl)nn4)ccc(Cl)c3F)c[n+]2[O-])c1. The molecule has 0 fully saturated rings. The first-order valence-corrected chi connectivity index (χ1v) is 13.1. The van der Waals surface area contributed by atoms with Gasteiger partial charge in [0.2, 0.25) is 5.69 Å². The molecule has 0 aliphatic carbocycles. The summed E-state index contributed by atoms with van der Waals surface area (Å²) < 4.78 is 60.9. The number of hydrogen-bond donors (Lipinski definition) is 0. The topological polar surface area (TPSA) is 124 Å². The molecule has 0 aliphatic heterocycles. The number of benzene rings is 1. The number of aromatic nitrogens is 11. The van der Waals surface area contributed by atoms with Gasteiger partial charge in [-0.25, -0.2) is 18.4 Å². The van der Waals surface area contributed by atoms with Crippen molar-refractivity contribution in [3.63, 3.8) is 0 Å². The molecular weight excluding hydrogens is 617 g/mol. The molecule has 1 atom stereocenters. The number of alkyl halides is 2. The molecular formula is C25H17Cl2F4N11O. The van der Waals surface area contributed by atoms with E-state index in [-0.39, 0.29) is 50.5 Å². The molecule has 0 radical (unpaired) electrons. The van der Waals surface area contributed by atoms with Crippen molar-refractivity contribution in [2.75, 3.05) is 0 Å². The third kappa shape index (κ3) is 5.30. The molecule has 0 aliphatic rings. The summed E-state index contributed by atoms with van der Waals surface area (Å²) in [7, 11) is 1.50. The summed E-state index contributed by atoms with van der Waals surface area (Å²) in [6.07, 6.45) is 6.36. The minimum absolute atomic E-state index is 0.0435. The minimum atomic E-state index is -2.87. The largest absolute Gasteiger partial charge is 0.618 e. The number of hydrogen-bond acceptors (Lipinski definition) is 7. The second-order valence-corrected chi connectivity index (χ2v) is 10.1. The Morgan fingerprint density at radius 1 is 0.977 bits per heavy atom. The number of nitrogens with zero attached hydrogens (tertiary/aromatic N) is 11. The molecule has 0 unspecified atom stereocenters. The Labute approximate surface area is 248 Å². The Bertz CT molecular complexity index is 1930. The Hall–Kier alpha value is -4.83. The average molecular weight is 634 g/mol. The van der Waals surface area contributed by atoms with Gasteiger partial charge in [-0.2, -0.15) is 28.1 Å². The fraction of sp³-hybridized carbons (Fsp3) is 0.160. The lowest BCUT2D eigenvalue weighted by Crippen LogP contribution is -2.36. The summed E-state index contributed by atoms with van der Waals surface area (Å²) in [4.78, 5) is 0. The van der Waals surface area contributed by atoms with Gasteiger partial charge in [-0.3, -0.25) is 4.68 Å². The van der Waals surface area contributed by atoms with E-state index < -0.39 is 24.4 Å². The van der Waals surface area contributed by atoms with Gasteiger partial charge < -0.3 is 5.21 Å². The predicted octanol–water partition coefficient (Wildman–Crippen LogP) is 4.57. The quantitative estimate of drug-likeness (QED) is 0.137.